The van der Waals surface area contributed by atoms with Crippen LogP contribution in [0.25, 0.3) is 0 Å². The van der Waals surface area contributed by atoms with E-state index in [0.29, 0.717) is 17.7 Å². The number of halogens is 6. The first-order valence-corrected chi connectivity index (χ1v) is 15.3. The maximum absolute atomic E-state index is 15.1. The predicted molar refractivity (Wildman–Crippen MR) is 135 cm³/mol. The third kappa shape index (κ3) is 7.68. The van der Waals surface area contributed by atoms with Crippen LogP contribution in [0.1, 0.15) is 17.9 Å². The van der Waals surface area contributed by atoms with Crippen molar-refractivity contribution in [3.63, 3.8) is 0 Å². The standard InChI is InChI=1S/C25H23F6N3O5S2/c1-40(35,36)16-5-2-4-15(10-16)17-13-34(14-25(29,30)31)9-8-20(17)39-21-11-19(27)22(12-18(21)26)41(37,38)33-24-7-3-6-23(28)32-24/h2-7,10-12,17,20H,8-9,13-14H2,1H3,(H,32,33)/t17-,20+/m1/s1. The van der Waals surface area contributed by atoms with Crippen LogP contribution in [-0.2, 0) is 19.9 Å². The van der Waals surface area contributed by atoms with Gasteiger partial charge in [-0.1, -0.05) is 18.2 Å². The molecule has 1 fully saturated rings. The summed E-state index contributed by atoms with van der Waals surface area (Å²) in [5.74, 6) is -5.80. The lowest BCUT2D eigenvalue weighted by atomic mass is 9.87. The van der Waals surface area contributed by atoms with Gasteiger partial charge in [-0.15, -0.1) is 0 Å². The molecule has 0 aliphatic carbocycles. The Morgan fingerprint density at radius 1 is 1.00 bits per heavy atom. The summed E-state index contributed by atoms with van der Waals surface area (Å²) in [6, 6.07) is 9.52. The van der Waals surface area contributed by atoms with E-state index in [2.05, 4.69) is 4.98 Å². The van der Waals surface area contributed by atoms with Crippen LogP contribution in [0.5, 0.6) is 5.75 Å². The normalized spacial score (nSPS) is 18.7. The number of rotatable bonds is 8. The highest BCUT2D eigenvalue weighted by Gasteiger charge is 2.38. The molecule has 2 heterocycles. The number of sulfone groups is 1. The Morgan fingerprint density at radius 3 is 2.37 bits per heavy atom. The molecule has 0 unspecified atom stereocenters. The average Bonchev–Trinajstić information content (AvgIpc) is 2.85. The van der Waals surface area contributed by atoms with Gasteiger partial charge in [0.05, 0.1) is 11.4 Å². The quantitative estimate of drug-likeness (QED) is 0.291. The minimum atomic E-state index is -4.75. The molecule has 0 radical (unpaired) electrons. The van der Waals surface area contributed by atoms with E-state index in [-0.39, 0.29) is 24.4 Å². The van der Waals surface area contributed by atoms with E-state index in [0.717, 1.165) is 29.4 Å². The van der Waals surface area contributed by atoms with Crippen molar-refractivity contribution >= 4 is 25.7 Å². The fourth-order valence-electron chi connectivity index (χ4n) is 4.46. The predicted octanol–water partition coefficient (Wildman–Crippen LogP) is 4.50. The molecule has 1 aliphatic heterocycles. The molecule has 1 saturated heterocycles. The van der Waals surface area contributed by atoms with Crippen molar-refractivity contribution < 1.29 is 47.9 Å². The zero-order valence-corrected chi connectivity index (χ0v) is 22.8. The molecule has 1 aromatic heterocycles. The first-order valence-electron chi connectivity index (χ1n) is 11.9. The van der Waals surface area contributed by atoms with Crippen molar-refractivity contribution in [2.24, 2.45) is 0 Å². The zero-order chi connectivity index (χ0) is 30.2. The number of anilines is 1. The van der Waals surface area contributed by atoms with E-state index in [9.17, 15) is 38.8 Å². The summed E-state index contributed by atoms with van der Waals surface area (Å²) in [6.45, 7) is -1.60. The van der Waals surface area contributed by atoms with Crippen molar-refractivity contribution in [2.75, 3.05) is 30.6 Å². The number of aromatic nitrogens is 1. The molecule has 2 aromatic carbocycles. The van der Waals surface area contributed by atoms with Gasteiger partial charge in [0.25, 0.3) is 10.0 Å². The van der Waals surface area contributed by atoms with Crippen LogP contribution in [0.15, 0.2) is 64.4 Å². The number of pyridine rings is 1. The number of hydrogen-bond acceptors (Lipinski definition) is 7. The second kappa shape index (κ2) is 11.5. The lowest BCUT2D eigenvalue weighted by Crippen LogP contribution is -2.47. The number of benzene rings is 2. The van der Waals surface area contributed by atoms with Gasteiger partial charge in [-0.25, -0.2) is 30.6 Å². The van der Waals surface area contributed by atoms with Crippen LogP contribution in [0, 0.1) is 17.6 Å². The summed E-state index contributed by atoms with van der Waals surface area (Å²) < 4.78 is 140. The molecule has 16 heteroatoms. The number of sulfonamides is 1. The summed E-state index contributed by atoms with van der Waals surface area (Å²) in [5, 5.41) is 0. The maximum Gasteiger partial charge on any atom is 0.401 e. The SMILES string of the molecule is CS(=O)(=O)c1cccc([C@H]2CN(CC(F)(F)F)CC[C@@H]2Oc2cc(F)c(S(=O)(=O)Nc3cccc(F)n3)cc2F)c1. The van der Waals surface area contributed by atoms with E-state index in [4.69, 9.17) is 4.74 Å². The molecule has 0 spiro atoms. The Hall–Kier alpha value is -3.37. The maximum atomic E-state index is 15.1. The lowest BCUT2D eigenvalue weighted by molar-refractivity contribution is -0.150. The average molecular weight is 624 g/mol. The van der Waals surface area contributed by atoms with E-state index >= 15 is 4.39 Å². The number of likely N-dealkylation sites (tertiary alicyclic amines) is 1. The number of alkyl halides is 3. The second-order valence-electron chi connectivity index (χ2n) is 9.41. The van der Waals surface area contributed by atoms with Crippen molar-refractivity contribution in [2.45, 2.75) is 34.4 Å². The molecule has 0 amide bonds. The first-order chi connectivity index (χ1) is 19.0. The fraction of sp³-hybridized carbons (Fsp3) is 0.320. The molecule has 41 heavy (non-hydrogen) atoms. The molecule has 1 N–H and O–H groups in total. The van der Waals surface area contributed by atoms with Gasteiger partial charge < -0.3 is 4.74 Å². The molecule has 3 aromatic rings. The van der Waals surface area contributed by atoms with Crippen molar-refractivity contribution in [3.05, 3.63) is 77.7 Å². The molecule has 1 aliphatic rings. The summed E-state index contributed by atoms with van der Waals surface area (Å²) in [6.07, 6.45) is -4.65. The number of nitrogens with one attached hydrogen (secondary N) is 1. The fourth-order valence-corrected chi connectivity index (χ4v) is 6.21. The Labute approximate surface area is 231 Å². The van der Waals surface area contributed by atoms with Crippen LogP contribution < -0.4 is 9.46 Å². The second-order valence-corrected chi connectivity index (χ2v) is 13.1. The van der Waals surface area contributed by atoms with Gasteiger partial charge >= 0.3 is 6.18 Å². The van der Waals surface area contributed by atoms with Crippen LogP contribution >= 0.6 is 0 Å². The van der Waals surface area contributed by atoms with Crippen LogP contribution in [-0.4, -0.2) is 64.9 Å². The highest BCUT2D eigenvalue weighted by molar-refractivity contribution is 7.92. The minimum absolute atomic E-state index is 0.0717. The smallest absolute Gasteiger partial charge is 0.401 e. The molecular formula is C25H23F6N3O5S2. The molecular weight excluding hydrogens is 600 g/mol. The molecule has 2 atom stereocenters. The molecule has 222 valence electrons. The van der Waals surface area contributed by atoms with Gasteiger partial charge in [-0.2, -0.15) is 17.6 Å². The molecule has 4 rings (SSSR count). The largest absolute Gasteiger partial charge is 0.487 e. The molecule has 0 saturated carbocycles. The molecule has 0 bridgehead atoms. The number of nitrogens with zero attached hydrogens (tertiary/aromatic N) is 2. The minimum Gasteiger partial charge on any atom is -0.487 e. The third-order valence-electron chi connectivity index (χ3n) is 6.26. The van der Waals surface area contributed by atoms with Crippen LogP contribution in [0.4, 0.5) is 32.2 Å². The number of hydrogen-bond donors (Lipinski definition) is 1. The third-order valence-corrected chi connectivity index (χ3v) is 8.74. The lowest BCUT2D eigenvalue weighted by Gasteiger charge is -2.39. The zero-order valence-electron chi connectivity index (χ0n) is 21.2. The van der Waals surface area contributed by atoms with Crippen LogP contribution in [0.2, 0.25) is 0 Å². The van der Waals surface area contributed by atoms with Gasteiger partial charge in [0.15, 0.2) is 21.4 Å². The van der Waals surface area contributed by atoms with Gasteiger partial charge in [0, 0.05) is 37.4 Å². The van der Waals surface area contributed by atoms with Crippen LogP contribution in [0.3, 0.4) is 0 Å². The summed E-state index contributed by atoms with van der Waals surface area (Å²) in [7, 11) is -8.42. The van der Waals surface area contributed by atoms with E-state index in [1.165, 1.54) is 24.3 Å². The summed E-state index contributed by atoms with van der Waals surface area (Å²) >= 11 is 0. The van der Waals surface area contributed by atoms with Crippen molar-refractivity contribution in [1.82, 2.24) is 9.88 Å². The summed E-state index contributed by atoms with van der Waals surface area (Å²) in [5.41, 5.74) is 0.302. The Bertz CT molecular complexity index is 1650. The van der Waals surface area contributed by atoms with Crippen molar-refractivity contribution in [1.29, 1.82) is 0 Å². The van der Waals surface area contributed by atoms with E-state index in [1.807, 2.05) is 4.72 Å². The monoisotopic (exact) mass is 623 g/mol. The van der Waals surface area contributed by atoms with Crippen molar-refractivity contribution in [3.8, 4) is 5.75 Å². The van der Waals surface area contributed by atoms with E-state index < -0.39 is 78.6 Å². The Balaban J connectivity index is 1.64. The highest BCUT2D eigenvalue weighted by Crippen LogP contribution is 2.35. The van der Waals surface area contributed by atoms with Gasteiger partial charge in [-0.05, 0) is 36.2 Å². The van der Waals surface area contributed by atoms with Gasteiger partial charge in [0.1, 0.15) is 22.6 Å². The topological polar surface area (TPSA) is 106 Å². The number of ether oxygens (including phenoxy) is 1. The number of piperidine rings is 1. The first kappa shape index (κ1) is 30.6. The Kier molecular flexibility index (Phi) is 8.57. The Morgan fingerprint density at radius 2 is 1.71 bits per heavy atom. The van der Waals surface area contributed by atoms with Gasteiger partial charge in [0.2, 0.25) is 5.95 Å². The molecule has 8 nitrogen and oxygen atoms in total. The summed E-state index contributed by atoms with van der Waals surface area (Å²) in [4.78, 5) is 3.19. The highest BCUT2D eigenvalue weighted by atomic mass is 32.2. The van der Waals surface area contributed by atoms with Gasteiger partial charge in [-0.3, -0.25) is 9.62 Å². The van der Waals surface area contributed by atoms with E-state index in [1.54, 1.807) is 0 Å².